The quantitative estimate of drug-likeness (QED) is 0.581. The van der Waals surface area contributed by atoms with Gasteiger partial charge in [0.1, 0.15) is 12.3 Å². The molecule has 0 aromatic heterocycles. The van der Waals surface area contributed by atoms with E-state index in [0.717, 1.165) is 25.2 Å². The minimum atomic E-state index is -0.0320. The van der Waals surface area contributed by atoms with E-state index in [1.165, 1.54) is 5.56 Å². The SMILES string of the molecule is CC(NC(=NCC(=O)N(C)C)NCC1CCCO1)C1COc2ccccc21. The Morgan fingerprint density at radius 1 is 1.37 bits per heavy atom. The summed E-state index contributed by atoms with van der Waals surface area (Å²) in [5, 5.41) is 6.79. The van der Waals surface area contributed by atoms with Gasteiger partial charge in [-0.15, -0.1) is 0 Å². The summed E-state index contributed by atoms with van der Waals surface area (Å²) in [6, 6.07) is 8.24. The Balaban J connectivity index is 1.64. The zero-order valence-corrected chi connectivity index (χ0v) is 16.4. The first-order valence-corrected chi connectivity index (χ1v) is 9.63. The number of fused-ring (bicyclic) bond motifs is 1. The van der Waals surface area contributed by atoms with Crippen LogP contribution in [0.3, 0.4) is 0 Å². The van der Waals surface area contributed by atoms with Crippen LogP contribution in [0.4, 0.5) is 0 Å². The number of ether oxygens (including phenoxy) is 2. The van der Waals surface area contributed by atoms with E-state index >= 15 is 0 Å². The van der Waals surface area contributed by atoms with Crippen molar-refractivity contribution in [3.05, 3.63) is 29.8 Å². The molecule has 7 heteroatoms. The number of likely N-dealkylation sites (N-methyl/N-ethyl adjacent to an activating group) is 1. The lowest BCUT2D eigenvalue weighted by atomic mass is 9.94. The topological polar surface area (TPSA) is 75.2 Å². The lowest BCUT2D eigenvalue weighted by molar-refractivity contribution is -0.127. The maximum absolute atomic E-state index is 11.9. The van der Waals surface area contributed by atoms with E-state index in [4.69, 9.17) is 9.47 Å². The first-order chi connectivity index (χ1) is 13.0. The predicted molar refractivity (Wildman–Crippen MR) is 105 cm³/mol. The van der Waals surface area contributed by atoms with Crippen LogP contribution in [0.25, 0.3) is 0 Å². The molecule has 0 bridgehead atoms. The molecule has 3 unspecified atom stereocenters. The van der Waals surface area contributed by atoms with Gasteiger partial charge in [-0.1, -0.05) is 18.2 Å². The average Bonchev–Trinajstić information content (AvgIpc) is 3.32. The smallest absolute Gasteiger partial charge is 0.243 e. The number of carbonyl (C=O) groups excluding carboxylic acids is 1. The van der Waals surface area contributed by atoms with Crippen molar-refractivity contribution in [2.45, 2.75) is 37.8 Å². The number of nitrogens with one attached hydrogen (secondary N) is 2. The van der Waals surface area contributed by atoms with E-state index in [1.54, 1.807) is 19.0 Å². The molecule has 0 aliphatic carbocycles. The van der Waals surface area contributed by atoms with Gasteiger partial charge in [-0.2, -0.15) is 0 Å². The number of benzene rings is 1. The van der Waals surface area contributed by atoms with Gasteiger partial charge in [-0.3, -0.25) is 4.79 Å². The van der Waals surface area contributed by atoms with Crippen LogP contribution < -0.4 is 15.4 Å². The van der Waals surface area contributed by atoms with Crippen molar-refractivity contribution in [1.82, 2.24) is 15.5 Å². The minimum Gasteiger partial charge on any atom is -0.493 e. The van der Waals surface area contributed by atoms with Crippen molar-refractivity contribution in [3.63, 3.8) is 0 Å². The van der Waals surface area contributed by atoms with Crippen LogP contribution in [0.15, 0.2) is 29.3 Å². The summed E-state index contributed by atoms with van der Waals surface area (Å²) in [5.74, 6) is 1.79. The first kappa shape index (κ1) is 19.5. The number of para-hydroxylation sites is 1. The molecule has 1 aromatic carbocycles. The van der Waals surface area contributed by atoms with Crippen LogP contribution in [-0.2, 0) is 9.53 Å². The van der Waals surface area contributed by atoms with E-state index in [1.807, 2.05) is 18.2 Å². The van der Waals surface area contributed by atoms with E-state index in [-0.39, 0.29) is 30.5 Å². The average molecular weight is 374 g/mol. The van der Waals surface area contributed by atoms with Gasteiger partial charge in [0.2, 0.25) is 5.91 Å². The molecule has 0 radical (unpaired) electrons. The standard InChI is InChI=1S/C20H30N4O3/c1-14(17-13-27-18-9-5-4-8-16(17)18)23-20(22-12-19(25)24(2)3)21-11-15-7-6-10-26-15/h4-5,8-9,14-15,17H,6-7,10-13H2,1-3H3,(H2,21,22,23). The Hall–Kier alpha value is -2.28. The predicted octanol–water partition coefficient (Wildman–Crippen LogP) is 1.35. The molecule has 3 atom stereocenters. The molecule has 2 heterocycles. The summed E-state index contributed by atoms with van der Waals surface area (Å²) < 4.78 is 11.5. The molecule has 2 aliphatic heterocycles. The summed E-state index contributed by atoms with van der Waals surface area (Å²) in [4.78, 5) is 18.0. The number of hydrogen-bond acceptors (Lipinski definition) is 4. The van der Waals surface area contributed by atoms with Crippen LogP contribution in [0, 0.1) is 0 Å². The van der Waals surface area contributed by atoms with Crippen LogP contribution in [-0.4, -0.2) is 69.3 Å². The first-order valence-electron chi connectivity index (χ1n) is 9.63. The Kier molecular flexibility index (Phi) is 6.55. The molecule has 2 N–H and O–H groups in total. The van der Waals surface area contributed by atoms with Gasteiger partial charge in [0.15, 0.2) is 5.96 Å². The highest BCUT2D eigenvalue weighted by Gasteiger charge is 2.29. The van der Waals surface area contributed by atoms with E-state index < -0.39 is 0 Å². The van der Waals surface area contributed by atoms with E-state index in [2.05, 4.69) is 28.6 Å². The Morgan fingerprint density at radius 2 is 2.19 bits per heavy atom. The fourth-order valence-electron chi connectivity index (χ4n) is 3.37. The van der Waals surface area contributed by atoms with E-state index in [9.17, 15) is 4.79 Å². The van der Waals surface area contributed by atoms with Crippen molar-refractivity contribution < 1.29 is 14.3 Å². The van der Waals surface area contributed by atoms with Crippen molar-refractivity contribution in [1.29, 1.82) is 0 Å². The lowest BCUT2D eigenvalue weighted by Crippen LogP contribution is -2.47. The number of amides is 1. The zero-order valence-electron chi connectivity index (χ0n) is 16.4. The third-order valence-corrected chi connectivity index (χ3v) is 5.10. The fourth-order valence-corrected chi connectivity index (χ4v) is 3.37. The molecule has 0 saturated carbocycles. The number of guanidine groups is 1. The van der Waals surface area contributed by atoms with Crippen LogP contribution in [0.5, 0.6) is 5.75 Å². The fraction of sp³-hybridized carbons (Fsp3) is 0.600. The van der Waals surface area contributed by atoms with E-state index in [0.29, 0.717) is 19.1 Å². The Morgan fingerprint density at radius 3 is 2.93 bits per heavy atom. The second kappa shape index (κ2) is 9.08. The molecule has 27 heavy (non-hydrogen) atoms. The van der Waals surface area contributed by atoms with Crippen LogP contribution >= 0.6 is 0 Å². The van der Waals surface area contributed by atoms with Gasteiger partial charge in [0.25, 0.3) is 0 Å². The largest absolute Gasteiger partial charge is 0.493 e. The normalized spacial score (nSPS) is 22.7. The van der Waals surface area contributed by atoms with Gasteiger partial charge in [0, 0.05) is 44.8 Å². The molecule has 148 valence electrons. The number of nitrogens with zero attached hydrogens (tertiary/aromatic N) is 2. The summed E-state index contributed by atoms with van der Waals surface area (Å²) in [6.45, 7) is 4.37. The van der Waals surface area contributed by atoms with Gasteiger partial charge < -0.3 is 25.0 Å². The maximum atomic E-state index is 11.9. The summed E-state index contributed by atoms with van der Waals surface area (Å²) >= 11 is 0. The van der Waals surface area contributed by atoms with Gasteiger partial charge in [0.05, 0.1) is 12.7 Å². The van der Waals surface area contributed by atoms with Gasteiger partial charge >= 0.3 is 0 Å². The molecule has 0 spiro atoms. The summed E-state index contributed by atoms with van der Waals surface area (Å²) in [5.41, 5.74) is 1.21. The second-order valence-corrected chi connectivity index (χ2v) is 7.36. The maximum Gasteiger partial charge on any atom is 0.243 e. The van der Waals surface area contributed by atoms with Crippen molar-refractivity contribution in [2.24, 2.45) is 4.99 Å². The summed E-state index contributed by atoms with van der Waals surface area (Å²) in [6.07, 6.45) is 2.35. The molecule has 1 amide bonds. The van der Waals surface area contributed by atoms with Crippen molar-refractivity contribution >= 4 is 11.9 Å². The number of aliphatic imine (C=N–C) groups is 1. The second-order valence-electron chi connectivity index (χ2n) is 7.36. The summed E-state index contributed by atoms with van der Waals surface area (Å²) in [7, 11) is 3.47. The Bertz CT molecular complexity index is 671. The van der Waals surface area contributed by atoms with Crippen LogP contribution in [0.1, 0.15) is 31.2 Å². The molecule has 2 aliphatic rings. The molecule has 3 rings (SSSR count). The van der Waals surface area contributed by atoms with Crippen LogP contribution in [0.2, 0.25) is 0 Å². The lowest BCUT2D eigenvalue weighted by Gasteiger charge is -2.23. The third-order valence-electron chi connectivity index (χ3n) is 5.10. The zero-order chi connectivity index (χ0) is 19.2. The third kappa shape index (κ3) is 5.13. The highest BCUT2D eigenvalue weighted by atomic mass is 16.5. The van der Waals surface area contributed by atoms with Gasteiger partial charge in [-0.25, -0.2) is 4.99 Å². The van der Waals surface area contributed by atoms with Gasteiger partial charge in [-0.05, 0) is 25.8 Å². The molecule has 7 nitrogen and oxygen atoms in total. The molecular formula is C20H30N4O3. The number of rotatable bonds is 6. The highest BCUT2D eigenvalue weighted by Crippen LogP contribution is 2.35. The molecule has 1 fully saturated rings. The van der Waals surface area contributed by atoms with Crippen molar-refractivity contribution in [2.75, 3.05) is 40.4 Å². The number of carbonyl (C=O) groups is 1. The molecular weight excluding hydrogens is 344 g/mol. The number of hydrogen-bond donors (Lipinski definition) is 2. The highest BCUT2D eigenvalue weighted by molar-refractivity contribution is 5.85. The monoisotopic (exact) mass is 374 g/mol. The Labute approximate surface area is 161 Å². The molecule has 1 aromatic rings. The molecule has 1 saturated heterocycles. The van der Waals surface area contributed by atoms with Crippen molar-refractivity contribution in [3.8, 4) is 5.75 Å². The minimum absolute atomic E-state index is 0.0320.